The third-order valence-corrected chi connectivity index (χ3v) is 7.04. The second kappa shape index (κ2) is 7.48. The third kappa shape index (κ3) is 3.76. The van der Waals surface area contributed by atoms with E-state index in [1.54, 1.807) is 0 Å². The van der Waals surface area contributed by atoms with Crippen molar-refractivity contribution in [3.63, 3.8) is 0 Å². The molecule has 0 N–H and O–H groups in total. The molecule has 0 spiro atoms. The van der Waals surface area contributed by atoms with Crippen LogP contribution < -0.4 is 0 Å². The van der Waals surface area contributed by atoms with Gasteiger partial charge in [-0.1, -0.05) is 63.0 Å². The Labute approximate surface area is 152 Å². The van der Waals surface area contributed by atoms with Crippen LogP contribution in [-0.4, -0.2) is 15.0 Å². The van der Waals surface area contributed by atoms with Crippen molar-refractivity contribution in [2.45, 2.75) is 101 Å². The molecule has 4 heteroatoms. The van der Waals surface area contributed by atoms with Gasteiger partial charge in [-0.15, -0.1) is 5.10 Å². The second-order valence-corrected chi connectivity index (χ2v) is 8.83. The zero-order valence-electron chi connectivity index (χ0n) is 15.5. The molecule has 0 amide bonds. The van der Waals surface area contributed by atoms with Crippen molar-refractivity contribution in [1.82, 2.24) is 15.0 Å². The van der Waals surface area contributed by atoms with E-state index in [9.17, 15) is 5.26 Å². The molecule has 0 bridgehead atoms. The van der Waals surface area contributed by atoms with E-state index in [1.807, 2.05) is 4.68 Å². The molecule has 1 aromatic rings. The van der Waals surface area contributed by atoms with Crippen molar-refractivity contribution in [1.29, 1.82) is 5.26 Å². The summed E-state index contributed by atoms with van der Waals surface area (Å²) in [4.78, 5) is 0. The normalized spacial score (nSPS) is 25.9. The number of nitrogens with zero attached hydrogens (tertiary/aromatic N) is 4. The number of hydrogen-bond donors (Lipinski definition) is 0. The number of rotatable bonds is 5. The lowest BCUT2D eigenvalue weighted by molar-refractivity contribution is 0.255. The van der Waals surface area contributed by atoms with Crippen molar-refractivity contribution >= 4 is 0 Å². The molecule has 3 aliphatic carbocycles. The van der Waals surface area contributed by atoms with Gasteiger partial charge in [0.25, 0.3) is 0 Å². The van der Waals surface area contributed by atoms with Crippen LogP contribution in [0.25, 0.3) is 0 Å². The average molecular weight is 341 g/mol. The predicted octanol–water partition coefficient (Wildman–Crippen LogP) is 5.32. The molecule has 0 aliphatic heterocycles. The van der Waals surface area contributed by atoms with Crippen LogP contribution in [0.3, 0.4) is 0 Å². The zero-order valence-corrected chi connectivity index (χ0v) is 15.5. The maximum absolute atomic E-state index is 9.46. The Morgan fingerprint density at radius 1 is 1.04 bits per heavy atom. The van der Waals surface area contributed by atoms with Gasteiger partial charge in [-0.05, 0) is 43.9 Å². The van der Waals surface area contributed by atoms with E-state index in [1.165, 1.54) is 82.7 Å². The number of nitriles is 1. The summed E-state index contributed by atoms with van der Waals surface area (Å²) < 4.78 is 1.88. The maximum atomic E-state index is 9.46. The molecule has 0 aromatic carbocycles. The zero-order chi connectivity index (χ0) is 17.1. The smallest absolute Gasteiger partial charge is 0.150 e. The van der Waals surface area contributed by atoms with Crippen LogP contribution in [-0.2, 0) is 5.54 Å². The molecular weight excluding hydrogens is 308 g/mol. The van der Waals surface area contributed by atoms with Crippen LogP contribution in [0, 0.1) is 23.2 Å². The highest BCUT2D eigenvalue weighted by Crippen LogP contribution is 2.45. The van der Waals surface area contributed by atoms with Crippen LogP contribution in [0.1, 0.15) is 102 Å². The van der Waals surface area contributed by atoms with Gasteiger partial charge in [0.05, 0.1) is 18.0 Å². The van der Waals surface area contributed by atoms with Gasteiger partial charge >= 0.3 is 0 Å². The Hall–Kier alpha value is -1.37. The molecule has 1 heterocycles. The third-order valence-electron chi connectivity index (χ3n) is 7.04. The molecule has 25 heavy (non-hydrogen) atoms. The Morgan fingerprint density at radius 3 is 2.32 bits per heavy atom. The van der Waals surface area contributed by atoms with Crippen molar-refractivity contribution in [3.05, 3.63) is 11.9 Å². The van der Waals surface area contributed by atoms with Crippen molar-refractivity contribution in [2.24, 2.45) is 11.8 Å². The standard InChI is InChI=1S/C21H32N4/c22-16-21(12-13-21)25-15-20(23-24-25)19(18-10-6-3-7-11-18)14-17-8-4-1-2-5-9-17/h15,17-19H,1-14H2/t19-/m0/s1. The molecule has 3 saturated carbocycles. The maximum Gasteiger partial charge on any atom is 0.150 e. The molecule has 0 radical (unpaired) electrons. The fourth-order valence-corrected chi connectivity index (χ4v) is 5.22. The highest BCUT2D eigenvalue weighted by Gasteiger charge is 2.47. The Balaban J connectivity index is 1.53. The van der Waals surface area contributed by atoms with E-state index in [0.717, 1.165) is 24.7 Å². The highest BCUT2D eigenvalue weighted by atomic mass is 15.5. The molecule has 4 nitrogen and oxygen atoms in total. The first kappa shape index (κ1) is 17.1. The minimum atomic E-state index is -0.370. The van der Waals surface area contributed by atoms with E-state index in [2.05, 4.69) is 22.6 Å². The lowest BCUT2D eigenvalue weighted by Crippen LogP contribution is -2.20. The van der Waals surface area contributed by atoms with Gasteiger partial charge in [0, 0.05) is 5.92 Å². The van der Waals surface area contributed by atoms with Crippen LogP contribution >= 0.6 is 0 Å². The van der Waals surface area contributed by atoms with Gasteiger partial charge in [0.2, 0.25) is 0 Å². The second-order valence-electron chi connectivity index (χ2n) is 8.83. The molecule has 3 aliphatic rings. The number of hydrogen-bond acceptors (Lipinski definition) is 3. The summed E-state index contributed by atoms with van der Waals surface area (Å²) in [6, 6.07) is 2.45. The summed E-state index contributed by atoms with van der Waals surface area (Å²) in [5.74, 6) is 2.21. The monoisotopic (exact) mass is 340 g/mol. The largest absolute Gasteiger partial charge is 0.232 e. The summed E-state index contributed by atoms with van der Waals surface area (Å²) in [5, 5.41) is 18.4. The van der Waals surface area contributed by atoms with Crippen LogP contribution in [0.15, 0.2) is 6.20 Å². The van der Waals surface area contributed by atoms with Crippen molar-refractivity contribution in [3.8, 4) is 6.07 Å². The molecule has 0 unspecified atom stereocenters. The van der Waals surface area contributed by atoms with Crippen LogP contribution in [0.4, 0.5) is 0 Å². The molecule has 0 saturated heterocycles. The fourth-order valence-electron chi connectivity index (χ4n) is 5.22. The van der Waals surface area contributed by atoms with E-state index < -0.39 is 0 Å². The van der Waals surface area contributed by atoms with Gasteiger partial charge in [-0.2, -0.15) is 5.26 Å². The minimum Gasteiger partial charge on any atom is -0.232 e. The van der Waals surface area contributed by atoms with Crippen molar-refractivity contribution in [2.75, 3.05) is 0 Å². The first-order valence-corrected chi connectivity index (χ1v) is 10.6. The minimum absolute atomic E-state index is 0.370. The van der Waals surface area contributed by atoms with E-state index in [4.69, 9.17) is 0 Å². The SMILES string of the molecule is N#CC1(n2cc([C@@H](CC3CCCCCC3)C3CCCCC3)nn2)CC1. The Morgan fingerprint density at radius 2 is 1.68 bits per heavy atom. The van der Waals surface area contributed by atoms with Crippen LogP contribution in [0.2, 0.25) is 0 Å². The lowest BCUT2D eigenvalue weighted by Gasteiger charge is -2.31. The number of aromatic nitrogens is 3. The summed E-state index contributed by atoms with van der Waals surface area (Å²) in [5.41, 5.74) is 0.808. The van der Waals surface area contributed by atoms with Crippen LogP contribution in [0.5, 0.6) is 0 Å². The molecule has 136 valence electrons. The van der Waals surface area contributed by atoms with Gasteiger partial charge < -0.3 is 0 Å². The summed E-state index contributed by atoms with van der Waals surface area (Å²) in [6.07, 6.45) is 20.6. The molecule has 1 aromatic heterocycles. The summed E-state index contributed by atoms with van der Waals surface area (Å²) >= 11 is 0. The lowest BCUT2D eigenvalue weighted by atomic mass is 9.74. The quantitative estimate of drug-likeness (QED) is 0.682. The average Bonchev–Trinajstić information content (AvgIpc) is 3.38. The fraction of sp³-hybridized carbons (Fsp3) is 0.857. The highest BCUT2D eigenvalue weighted by molar-refractivity contribution is 5.17. The van der Waals surface area contributed by atoms with Crippen molar-refractivity contribution < 1.29 is 0 Å². The van der Waals surface area contributed by atoms with E-state index in [-0.39, 0.29) is 5.54 Å². The molecule has 3 fully saturated rings. The Kier molecular flexibility index (Phi) is 5.10. The van der Waals surface area contributed by atoms with Gasteiger partial charge in [-0.3, -0.25) is 0 Å². The Bertz CT molecular complexity index is 596. The first-order chi connectivity index (χ1) is 12.3. The van der Waals surface area contributed by atoms with Gasteiger partial charge in [-0.25, -0.2) is 4.68 Å². The van der Waals surface area contributed by atoms with E-state index in [0.29, 0.717) is 5.92 Å². The van der Waals surface area contributed by atoms with Gasteiger partial charge in [0.15, 0.2) is 5.54 Å². The molecule has 4 rings (SSSR count). The summed E-state index contributed by atoms with van der Waals surface area (Å²) in [7, 11) is 0. The first-order valence-electron chi connectivity index (χ1n) is 10.6. The molecular formula is C21H32N4. The summed E-state index contributed by atoms with van der Waals surface area (Å²) in [6.45, 7) is 0. The topological polar surface area (TPSA) is 54.5 Å². The van der Waals surface area contributed by atoms with E-state index >= 15 is 0 Å². The molecule has 1 atom stereocenters. The van der Waals surface area contributed by atoms with Gasteiger partial charge in [0.1, 0.15) is 0 Å². The predicted molar refractivity (Wildman–Crippen MR) is 98.0 cm³/mol.